The fraction of sp³-hybridized carbons (Fsp3) is 0.222. The van der Waals surface area contributed by atoms with Crippen LogP contribution in [0.2, 0.25) is 0 Å². The van der Waals surface area contributed by atoms with Crippen LogP contribution in [0.15, 0.2) is 24.4 Å². The first kappa shape index (κ1) is 8.68. The van der Waals surface area contributed by atoms with Gasteiger partial charge in [-0.3, -0.25) is 14.8 Å². The Morgan fingerprint density at radius 2 is 2.36 bits per heavy atom. The van der Waals surface area contributed by atoms with Gasteiger partial charge in [0.05, 0.1) is 16.6 Å². The van der Waals surface area contributed by atoms with E-state index in [-0.39, 0.29) is 5.69 Å². The molecular weight excluding hydrogens is 182 g/mol. The zero-order valence-electron chi connectivity index (χ0n) is 7.67. The summed E-state index contributed by atoms with van der Waals surface area (Å²) in [6.45, 7) is 2.66. The molecule has 1 aromatic carbocycles. The van der Waals surface area contributed by atoms with Crippen LogP contribution in [0.4, 0.5) is 5.69 Å². The average Bonchev–Trinajstić information content (AvgIpc) is 2.59. The molecule has 0 radical (unpaired) electrons. The first-order chi connectivity index (χ1) is 6.72. The van der Waals surface area contributed by atoms with Crippen LogP contribution < -0.4 is 0 Å². The maximum Gasteiger partial charge on any atom is 0.271 e. The summed E-state index contributed by atoms with van der Waals surface area (Å²) in [6.07, 6.45) is 1.71. The molecule has 0 unspecified atom stereocenters. The minimum Gasteiger partial charge on any atom is -0.265 e. The molecule has 0 N–H and O–H groups in total. The lowest BCUT2D eigenvalue weighted by molar-refractivity contribution is -0.384. The molecule has 2 rings (SSSR count). The van der Waals surface area contributed by atoms with Crippen molar-refractivity contribution in [3.05, 3.63) is 34.5 Å². The molecule has 1 aromatic heterocycles. The third kappa shape index (κ3) is 1.22. The van der Waals surface area contributed by atoms with Gasteiger partial charge in [0.15, 0.2) is 0 Å². The number of nitro groups is 1. The van der Waals surface area contributed by atoms with Crippen LogP contribution in [0.25, 0.3) is 10.9 Å². The van der Waals surface area contributed by atoms with Crippen LogP contribution in [0.3, 0.4) is 0 Å². The van der Waals surface area contributed by atoms with E-state index in [2.05, 4.69) is 5.10 Å². The molecule has 0 aliphatic heterocycles. The molecule has 0 saturated heterocycles. The number of nitrogens with zero attached hydrogens (tertiary/aromatic N) is 3. The van der Waals surface area contributed by atoms with Crippen LogP contribution in [0.1, 0.15) is 6.92 Å². The van der Waals surface area contributed by atoms with E-state index in [1.54, 1.807) is 23.0 Å². The number of non-ortho nitro benzene ring substituents is 1. The van der Waals surface area contributed by atoms with E-state index in [0.29, 0.717) is 6.54 Å². The number of aryl methyl sites for hydroxylation is 1. The molecular formula is C9H9N3O2. The van der Waals surface area contributed by atoms with Crippen molar-refractivity contribution in [3.63, 3.8) is 0 Å². The van der Waals surface area contributed by atoms with Crippen molar-refractivity contribution >= 4 is 16.6 Å². The molecule has 0 spiro atoms. The van der Waals surface area contributed by atoms with Gasteiger partial charge in [-0.05, 0) is 13.0 Å². The Morgan fingerprint density at radius 3 is 3.00 bits per heavy atom. The summed E-state index contributed by atoms with van der Waals surface area (Å²) < 4.78 is 1.74. The second kappa shape index (κ2) is 3.10. The standard InChI is InChI=1S/C9H9N3O2/c1-2-11-9-5-8(12(13)14)4-3-7(9)6-10-11/h3-6H,2H2,1H3. The van der Waals surface area contributed by atoms with E-state index in [1.807, 2.05) is 6.92 Å². The highest BCUT2D eigenvalue weighted by molar-refractivity contribution is 5.80. The molecule has 14 heavy (non-hydrogen) atoms. The van der Waals surface area contributed by atoms with Crippen LogP contribution in [-0.4, -0.2) is 14.7 Å². The smallest absolute Gasteiger partial charge is 0.265 e. The molecule has 0 saturated carbocycles. The summed E-state index contributed by atoms with van der Waals surface area (Å²) in [6, 6.07) is 4.75. The van der Waals surface area contributed by atoms with E-state index < -0.39 is 4.92 Å². The average molecular weight is 191 g/mol. The Bertz CT molecular complexity index is 490. The fourth-order valence-corrected chi connectivity index (χ4v) is 1.42. The van der Waals surface area contributed by atoms with E-state index >= 15 is 0 Å². The van der Waals surface area contributed by atoms with Gasteiger partial charge >= 0.3 is 0 Å². The quantitative estimate of drug-likeness (QED) is 0.538. The number of aromatic nitrogens is 2. The zero-order valence-corrected chi connectivity index (χ0v) is 7.67. The lowest BCUT2D eigenvalue weighted by Crippen LogP contribution is -1.96. The highest BCUT2D eigenvalue weighted by Crippen LogP contribution is 2.20. The monoisotopic (exact) mass is 191 g/mol. The Hall–Kier alpha value is -1.91. The van der Waals surface area contributed by atoms with Crippen LogP contribution in [-0.2, 0) is 6.54 Å². The number of benzene rings is 1. The molecule has 5 heteroatoms. The van der Waals surface area contributed by atoms with Crippen LogP contribution in [0.5, 0.6) is 0 Å². The first-order valence-corrected chi connectivity index (χ1v) is 4.32. The highest BCUT2D eigenvalue weighted by atomic mass is 16.6. The fourth-order valence-electron chi connectivity index (χ4n) is 1.42. The summed E-state index contributed by atoms with van der Waals surface area (Å²) in [7, 11) is 0. The molecule has 0 atom stereocenters. The third-order valence-electron chi connectivity index (χ3n) is 2.14. The second-order valence-corrected chi connectivity index (χ2v) is 2.96. The lowest BCUT2D eigenvalue weighted by atomic mass is 10.2. The van der Waals surface area contributed by atoms with Gasteiger partial charge in [-0.25, -0.2) is 0 Å². The van der Waals surface area contributed by atoms with Gasteiger partial charge in [0.2, 0.25) is 0 Å². The molecule has 2 aromatic rings. The van der Waals surface area contributed by atoms with Crippen molar-refractivity contribution in [1.82, 2.24) is 9.78 Å². The van der Waals surface area contributed by atoms with Crippen molar-refractivity contribution in [1.29, 1.82) is 0 Å². The van der Waals surface area contributed by atoms with Gasteiger partial charge in [-0.1, -0.05) is 0 Å². The molecule has 0 aliphatic carbocycles. The summed E-state index contributed by atoms with van der Waals surface area (Å²) in [5.74, 6) is 0. The van der Waals surface area contributed by atoms with Crippen molar-refractivity contribution in [2.75, 3.05) is 0 Å². The molecule has 1 heterocycles. The van der Waals surface area contributed by atoms with Crippen LogP contribution >= 0.6 is 0 Å². The Kier molecular flexibility index (Phi) is 1.92. The maximum absolute atomic E-state index is 10.5. The zero-order chi connectivity index (χ0) is 10.1. The first-order valence-electron chi connectivity index (χ1n) is 4.32. The molecule has 72 valence electrons. The van der Waals surface area contributed by atoms with Crippen molar-refractivity contribution in [2.24, 2.45) is 0 Å². The minimum absolute atomic E-state index is 0.104. The van der Waals surface area contributed by atoms with E-state index in [0.717, 1.165) is 10.9 Å². The topological polar surface area (TPSA) is 61.0 Å². The predicted octanol–water partition coefficient (Wildman–Crippen LogP) is 1.96. The van der Waals surface area contributed by atoms with Gasteiger partial charge in [-0.15, -0.1) is 0 Å². The number of hydrogen-bond donors (Lipinski definition) is 0. The van der Waals surface area contributed by atoms with Gasteiger partial charge in [0.25, 0.3) is 5.69 Å². The summed E-state index contributed by atoms with van der Waals surface area (Å²) in [5, 5.41) is 15.6. The molecule has 0 bridgehead atoms. The number of nitro benzene ring substituents is 1. The minimum atomic E-state index is -0.396. The lowest BCUT2D eigenvalue weighted by Gasteiger charge is -1.97. The summed E-state index contributed by atoms with van der Waals surface area (Å²) >= 11 is 0. The van der Waals surface area contributed by atoms with E-state index in [1.165, 1.54) is 6.07 Å². The van der Waals surface area contributed by atoms with E-state index in [9.17, 15) is 10.1 Å². The van der Waals surface area contributed by atoms with Gasteiger partial charge in [0.1, 0.15) is 0 Å². The van der Waals surface area contributed by atoms with E-state index in [4.69, 9.17) is 0 Å². The molecule has 5 nitrogen and oxygen atoms in total. The SMILES string of the molecule is CCn1ncc2ccc([N+](=O)[O-])cc21. The Morgan fingerprint density at radius 1 is 1.57 bits per heavy atom. The maximum atomic E-state index is 10.5. The number of hydrogen-bond acceptors (Lipinski definition) is 3. The van der Waals surface area contributed by atoms with Gasteiger partial charge < -0.3 is 0 Å². The Balaban J connectivity index is 2.67. The summed E-state index contributed by atoms with van der Waals surface area (Å²) in [5.41, 5.74) is 0.911. The van der Waals surface area contributed by atoms with Crippen molar-refractivity contribution < 1.29 is 4.92 Å². The van der Waals surface area contributed by atoms with Gasteiger partial charge in [0, 0.05) is 24.1 Å². The molecule has 0 amide bonds. The van der Waals surface area contributed by atoms with Crippen molar-refractivity contribution in [2.45, 2.75) is 13.5 Å². The Labute approximate surface area is 80.1 Å². The van der Waals surface area contributed by atoms with Crippen molar-refractivity contribution in [3.8, 4) is 0 Å². The third-order valence-corrected chi connectivity index (χ3v) is 2.14. The second-order valence-electron chi connectivity index (χ2n) is 2.96. The normalized spacial score (nSPS) is 10.6. The van der Waals surface area contributed by atoms with Gasteiger partial charge in [-0.2, -0.15) is 5.10 Å². The largest absolute Gasteiger partial charge is 0.271 e. The number of fused-ring (bicyclic) bond motifs is 1. The number of rotatable bonds is 2. The highest BCUT2D eigenvalue weighted by Gasteiger charge is 2.08. The molecule has 0 aliphatic rings. The van der Waals surface area contributed by atoms with Crippen LogP contribution in [0, 0.1) is 10.1 Å². The molecule has 0 fully saturated rings. The summed E-state index contributed by atoms with van der Waals surface area (Å²) in [4.78, 5) is 10.1. The predicted molar refractivity (Wildman–Crippen MR) is 52.1 cm³/mol.